The number of rotatable bonds is 2. The SMILES string of the molecule is CC(C)CN1C(=O)CC2(CCC(C)CC2)C1=O. The Morgan fingerprint density at radius 2 is 1.88 bits per heavy atom. The molecular weight excluding hydrogens is 214 g/mol. The molecule has 0 aromatic rings. The van der Waals surface area contributed by atoms with E-state index in [4.69, 9.17) is 0 Å². The minimum absolute atomic E-state index is 0.0539. The zero-order valence-corrected chi connectivity index (χ0v) is 11.2. The van der Waals surface area contributed by atoms with Crippen LogP contribution in [0, 0.1) is 17.3 Å². The Bertz CT molecular complexity index is 327. The van der Waals surface area contributed by atoms with Gasteiger partial charge in [0.15, 0.2) is 0 Å². The molecule has 2 amide bonds. The molecule has 1 heterocycles. The topological polar surface area (TPSA) is 37.4 Å². The van der Waals surface area contributed by atoms with Crippen LogP contribution in [-0.2, 0) is 9.59 Å². The van der Waals surface area contributed by atoms with Crippen LogP contribution in [0.1, 0.15) is 52.9 Å². The summed E-state index contributed by atoms with van der Waals surface area (Å²) >= 11 is 0. The second kappa shape index (κ2) is 4.43. The van der Waals surface area contributed by atoms with Crippen molar-refractivity contribution in [2.75, 3.05) is 6.54 Å². The number of hydrogen-bond acceptors (Lipinski definition) is 2. The number of carbonyl (C=O) groups is 2. The van der Waals surface area contributed by atoms with Crippen molar-refractivity contribution in [3.8, 4) is 0 Å². The highest BCUT2D eigenvalue weighted by Gasteiger charge is 2.52. The fourth-order valence-corrected chi connectivity index (χ4v) is 3.12. The van der Waals surface area contributed by atoms with Crippen molar-refractivity contribution < 1.29 is 9.59 Å². The maximum Gasteiger partial charge on any atom is 0.235 e. The summed E-state index contributed by atoms with van der Waals surface area (Å²) in [4.78, 5) is 25.9. The minimum Gasteiger partial charge on any atom is -0.282 e. The van der Waals surface area contributed by atoms with Gasteiger partial charge in [-0.25, -0.2) is 0 Å². The Labute approximate surface area is 104 Å². The lowest BCUT2D eigenvalue weighted by molar-refractivity contribution is -0.143. The van der Waals surface area contributed by atoms with Crippen LogP contribution < -0.4 is 0 Å². The Hall–Kier alpha value is -0.860. The molecule has 1 saturated heterocycles. The summed E-state index contributed by atoms with van der Waals surface area (Å²) in [7, 11) is 0. The lowest BCUT2D eigenvalue weighted by atomic mass is 9.70. The first-order valence-corrected chi connectivity index (χ1v) is 6.79. The van der Waals surface area contributed by atoms with E-state index in [0.717, 1.165) is 25.7 Å². The molecule has 1 saturated carbocycles. The van der Waals surface area contributed by atoms with Gasteiger partial charge < -0.3 is 0 Å². The standard InChI is InChI=1S/C14H23NO2/c1-10(2)9-15-12(16)8-14(13(15)17)6-4-11(3)5-7-14/h10-11H,4-9H2,1-3H3. The van der Waals surface area contributed by atoms with Crippen LogP contribution in [0.5, 0.6) is 0 Å². The summed E-state index contributed by atoms with van der Waals surface area (Å²) < 4.78 is 0. The molecule has 0 N–H and O–H groups in total. The summed E-state index contributed by atoms with van der Waals surface area (Å²) in [6, 6.07) is 0. The smallest absolute Gasteiger partial charge is 0.235 e. The molecule has 1 spiro atoms. The van der Waals surface area contributed by atoms with Gasteiger partial charge in [0.1, 0.15) is 0 Å². The zero-order chi connectivity index (χ0) is 12.6. The quantitative estimate of drug-likeness (QED) is 0.692. The molecule has 0 bridgehead atoms. The highest BCUT2D eigenvalue weighted by atomic mass is 16.2. The van der Waals surface area contributed by atoms with Crippen molar-refractivity contribution in [1.29, 1.82) is 0 Å². The van der Waals surface area contributed by atoms with Gasteiger partial charge in [-0.2, -0.15) is 0 Å². The Morgan fingerprint density at radius 1 is 1.29 bits per heavy atom. The number of hydrogen-bond donors (Lipinski definition) is 0. The first-order valence-electron chi connectivity index (χ1n) is 6.79. The van der Waals surface area contributed by atoms with Crippen LogP contribution >= 0.6 is 0 Å². The van der Waals surface area contributed by atoms with Gasteiger partial charge in [-0.3, -0.25) is 14.5 Å². The third kappa shape index (κ3) is 2.24. The number of amides is 2. The third-order valence-corrected chi connectivity index (χ3v) is 4.27. The molecule has 0 atom stereocenters. The van der Waals surface area contributed by atoms with E-state index in [1.165, 1.54) is 4.90 Å². The number of nitrogens with zero attached hydrogens (tertiary/aromatic N) is 1. The van der Waals surface area contributed by atoms with E-state index in [1.54, 1.807) is 0 Å². The monoisotopic (exact) mass is 237 g/mol. The molecule has 0 aromatic heterocycles. The van der Waals surface area contributed by atoms with Crippen LogP contribution in [0.15, 0.2) is 0 Å². The molecule has 0 radical (unpaired) electrons. The maximum absolute atomic E-state index is 12.4. The van der Waals surface area contributed by atoms with E-state index in [-0.39, 0.29) is 17.2 Å². The van der Waals surface area contributed by atoms with Crippen molar-refractivity contribution >= 4 is 11.8 Å². The molecule has 3 nitrogen and oxygen atoms in total. The molecule has 96 valence electrons. The predicted octanol–water partition coefficient (Wildman–Crippen LogP) is 2.60. The number of likely N-dealkylation sites (tertiary alicyclic amines) is 1. The van der Waals surface area contributed by atoms with E-state index in [2.05, 4.69) is 20.8 Å². The predicted molar refractivity (Wildman–Crippen MR) is 66.2 cm³/mol. The fourth-order valence-electron chi connectivity index (χ4n) is 3.12. The van der Waals surface area contributed by atoms with E-state index in [9.17, 15) is 9.59 Å². The average Bonchev–Trinajstić information content (AvgIpc) is 2.48. The van der Waals surface area contributed by atoms with Gasteiger partial charge in [0.05, 0.1) is 5.41 Å². The summed E-state index contributed by atoms with van der Waals surface area (Å²) in [6.07, 6.45) is 4.47. The maximum atomic E-state index is 12.4. The molecular formula is C14H23NO2. The van der Waals surface area contributed by atoms with E-state index in [0.29, 0.717) is 24.8 Å². The molecule has 1 aliphatic carbocycles. The lowest BCUT2D eigenvalue weighted by Crippen LogP contribution is -2.39. The van der Waals surface area contributed by atoms with Crippen molar-refractivity contribution in [2.45, 2.75) is 52.9 Å². The van der Waals surface area contributed by atoms with Gasteiger partial charge in [-0.05, 0) is 37.5 Å². The van der Waals surface area contributed by atoms with E-state index >= 15 is 0 Å². The zero-order valence-electron chi connectivity index (χ0n) is 11.2. The largest absolute Gasteiger partial charge is 0.282 e. The summed E-state index contributed by atoms with van der Waals surface area (Å²) in [5.74, 6) is 1.24. The Balaban J connectivity index is 2.12. The summed E-state index contributed by atoms with van der Waals surface area (Å²) in [5, 5.41) is 0. The van der Waals surface area contributed by atoms with Crippen molar-refractivity contribution in [1.82, 2.24) is 4.90 Å². The van der Waals surface area contributed by atoms with E-state index < -0.39 is 0 Å². The number of carbonyl (C=O) groups excluding carboxylic acids is 2. The minimum atomic E-state index is -0.321. The van der Waals surface area contributed by atoms with Gasteiger partial charge in [-0.1, -0.05) is 20.8 Å². The normalized spacial score (nSPS) is 34.1. The first-order chi connectivity index (χ1) is 7.94. The number of imide groups is 1. The molecule has 0 aromatic carbocycles. The molecule has 2 rings (SSSR count). The van der Waals surface area contributed by atoms with Crippen LogP contribution in [0.3, 0.4) is 0 Å². The van der Waals surface area contributed by atoms with Gasteiger partial charge in [0, 0.05) is 13.0 Å². The lowest BCUT2D eigenvalue weighted by Gasteiger charge is -2.33. The van der Waals surface area contributed by atoms with Gasteiger partial charge in [-0.15, -0.1) is 0 Å². The van der Waals surface area contributed by atoms with Crippen molar-refractivity contribution in [2.24, 2.45) is 17.3 Å². The molecule has 1 aliphatic heterocycles. The highest BCUT2D eigenvalue weighted by molar-refractivity contribution is 6.05. The third-order valence-electron chi connectivity index (χ3n) is 4.27. The average molecular weight is 237 g/mol. The summed E-state index contributed by atoms with van der Waals surface area (Å²) in [5.41, 5.74) is -0.321. The second-order valence-corrected chi connectivity index (χ2v) is 6.34. The van der Waals surface area contributed by atoms with E-state index in [1.807, 2.05) is 0 Å². The van der Waals surface area contributed by atoms with Crippen LogP contribution in [0.4, 0.5) is 0 Å². The highest BCUT2D eigenvalue weighted by Crippen LogP contribution is 2.46. The Kier molecular flexibility index (Phi) is 3.28. The van der Waals surface area contributed by atoms with Gasteiger partial charge in [0.2, 0.25) is 11.8 Å². The Morgan fingerprint density at radius 3 is 2.41 bits per heavy atom. The first kappa shape index (κ1) is 12.6. The van der Waals surface area contributed by atoms with Crippen LogP contribution in [-0.4, -0.2) is 23.3 Å². The fraction of sp³-hybridized carbons (Fsp3) is 0.857. The molecule has 0 unspecified atom stereocenters. The van der Waals surface area contributed by atoms with Crippen molar-refractivity contribution in [3.63, 3.8) is 0 Å². The molecule has 2 aliphatic rings. The van der Waals surface area contributed by atoms with Crippen LogP contribution in [0.2, 0.25) is 0 Å². The second-order valence-electron chi connectivity index (χ2n) is 6.34. The van der Waals surface area contributed by atoms with Gasteiger partial charge in [0.25, 0.3) is 0 Å². The van der Waals surface area contributed by atoms with Gasteiger partial charge >= 0.3 is 0 Å². The summed E-state index contributed by atoms with van der Waals surface area (Å²) in [6.45, 7) is 6.93. The molecule has 17 heavy (non-hydrogen) atoms. The van der Waals surface area contributed by atoms with Crippen LogP contribution in [0.25, 0.3) is 0 Å². The molecule has 2 fully saturated rings. The van der Waals surface area contributed by atoms with Crippen molar-refractivity contribution in [3.05, 3.63) is 0 Å². The molecule has 3 heteroatoms.